The molecular weight excluding hydrogens is 288 g/mol. The van der Waals surface area contributed by atoms with Crippen LogP contribution >= 0.6 is 11.6 Å². The summed E-state index contributed by atoms with van der Waals surface area (Å²) in [6.45, 7) is 2.12. The van der Waals surface area contributed by atoms with Crippen molar-refractivity contribution in [1.29, 1.82) is 0 Å². The molecule has 0 aliphatic carbocycles. The molecule has 3 aromatic rings. The molecule has 0 spiro atoms. The van der Waals surface area contributed by atoms with Gasteiger partial charge in [0.25, 0.3) is 0 Å². The van der Waals surface area contributed by atoms with Crippen LogP contribution in [-0.4, -0.2) is 26.6 Å². The Morgan fingerprint density at radius 3 is 2.86 bits per heavy atom. The number of alkyl halides is 1. The van der Waals surface area contributed by atoms with E-state index in [2.05, 4.69) is 34.0 Å². The van der Waals surface area contributed by atoms with Crippen molar-refractivity contribution in [2.75, 3.05) is 7.11 Å². The third-order valence-corrected chi connectivity index (χ3v) is 3.61. The maximum atomic E-state index is 6.05. The Balaban J connectivity index is 2.30. The van der Waals surface area contributed by atoms with Gasteiger partial charge in [-0.15, -0.1) is 11.6 Å². The van der Waals surface area contributed by atoms with Gasteiger partial charge in [-0.1, -0.05) is 19.1 Å². The number of fused-ring (bicyclic) bond motifs is 1. The number of benzene rings is 1. The van der Waals surface area contributed by atoms with E-state index in [9.17, 15) is 0 Å². The van der Waals surface area contributed by atoms with Gasteiger partial charge >= 0.3 is 0 Å². The third-order valence-electron chi connectivity index (χ3n) is 3.37. The largest absolute Gasteiger partial charge is 0.479 e. The summed E-state index contributed by atoms with van der Waals surface area (Å²) in [6, 6.07) is 8.26. The number of hydrogen-bond donors (Lipinski definition) is 0. The SMILES string of the molecule is CCc1cccc(-n2c(CCl)nc3c(OC)ncnc32)c1. The van der Waals surface area contributed by atoms with E-state index in [0.29, 0.717) is 17.0 Å². The Hall–Kier alpha value is -2.14. The molecule has 6 heteroatoms. The maximum Gasteiger partial charge on any atom is 0.245 e. The molecule has 21 heavy (non-hydrogen) atoms. The topological polar surface area (TPSA) is 52.8 Å². The minimum absolute atomic E-state index is 0.288. The lowest BCUT2D eigenvalue weighted by atomic mass is 10.1. The van der Waals surface area contributed by atoms with E-state index in [0.717, 1.165) is 17.9 Å². The van der Waals surface area contributed by atoms with Crippen LogP contribution in [0.3, 0.4) is 0 Å². The zero-order chi connectivity index (χ0) is 14.8. The fraction of sp³-hybridized carbons (Fsp3) is 0.267. The second-order valence-corrected chi connectivity index (χ2v) is 4.84. The molecule has 0 bridgehead atoms. The molecule has 0 saturated heterocycles. The summed E-state index contributed by atoms with van der Waals surface area (Å²) in [6.07, 6.45) is 2.44. The van der Waals surface area contributed by atoms with Crippen LogP contribution in [0, 0.1) is 0 Å². The van der Waals surface area contributed by atoms with Crippen molar-refractivity contribution in [3.63, 3.8) is 0 Å². The van der Waals surface area contributed by atoms with Crippen molar-refractivity contribution in [1.82, 2.24) is 19.5 Å². The number of ether oxygens (including phenoxy) is 1. The Kier molecular flexibility index (Phi) is 3.75. The predicted molar refractivity (Wildman–Crippen MR) is 82.1 cm³/mol. The quantitative estimate of drug-likeness (QED) is 0.695. The molecule has 2 heterocycles. The molecular formula is C15H15ClN4O. The zero-order valence-corrected chi connectivity index (χ0v) is 12.6. The van der Waals surface area contributed by atoms with Crippen LogP contribution in [0.5, 0.6) is 5.88 Å². The lowest BCUT2D eigenvalue weighted by Gasteiger charge is -2.08. The molecule has 0 unspecified atom stereocenters. The summed E-state index contributed by atoms with van der Waals surface area (Å²) >= 11 is 6.05. The molecule has 0 aliphatic heterocycles. The number of rotatable bonds is 4. The zero-order valence-electron chi connectivity index (χ0n) is 11.9. The van der Waals surface area contributed by atoms with Gasteiger partial charge in [0.05, 0.1) is 13.0 Å². The predicted octanol–water partition coefficient (Wildman–Crippen LogP) is 3.13. The number of nitrogens with zero attached hydrogens (tertiary/aromatic N) is 4. The van der Waals surface area contributed by atoms with Crippen molar-refractivity contribution < 1.29 is 4.74 Å². The monoisotopic (exact) mass is 302 g/mol. The third kappa shape index (κ3) is 2.34. The first kappa shape index (κ1) is 13.8. The summed E-state index contributed by atoms with van der Waals surface area (Å²) < 4.78 is 7.20. The van der Waals surface area contributed by atoms with Gasteiger partial charge in [-0.2, -0.15) is 4.98 Å². The molecule has 0 N–H and O–H groups in total. The van der Waals surface area contributed by atoms with Crippen molar-refractivity contribution in [3.8, 4) is 11.6 Å². The number of aromatic nitrogens is 4. The summed E-state index contributed by atoms with van der Waals surface area (Å²) in [4.78, 5) is 12.9. The van der Waals surface area contributed by atoms with E-state index in [1.807, 2.05) is 16.7 Å². The van der Waals surface area contributed by atoms with Gasteiger partial charge in [0.1, 0.15) is 12.2 Å². The standard InChI is InChI=1S/C15H15ClN4O/c1-3-10-5-4-6-11(7-10)20-12(8-16)19-13-14(20)17-9-18-15(13)21-2/h4-7,9H,3,8H2,1-2H3. The highest BCUT2D eigenvalue weighted by molar-refractivity contribution is 6.17. The Morgan fingerprint density at radius 1 is 1.29 bits per heavy atom. The van der Waals surface area contributed by atoms with E-state index in [4.69, 9.17) is 16.3 Å². The second kappa shape index (κ2) is 5.69. The molecule has 0 aliphatic rings. The molecule has 0 amide bonds. The van der Waals surface area contributed by atoms with Crippen LogP contribution in [0.15, 0.2) is 30.6 Å². The molecule has 0 fully saturated rings. The normalized spacial score (nSPS) is 11.0. The Labute approximate surface area is 127 Å². The molecule has 1 aromatic carbocycles. The van der Waals surface area contributed by atoms with Crippen molar-refractivity contribution in [2.24, 2.45) is 0 Å². The lowest BCUT2D eigenvalue weighted by Crippen LogP contribution is -2.01. The molecule has 0 radical (unpaired) electrons. The molecule has 0 atom stereocenters. The van der Waals surface area contributed by atoms with Crippen molar-refractivity contribution in [3.05, 3.63) is 42.0 Å². The fourth-order valence-electron chi connectivity index (χ4n) is 2.34. The van der Waals surface area contributed by atoms with Crippen LogP contribution < -0.4 is 4.74 Å². The number of methoxy groups -OCH3 is 1. The minimum Gasteiger partial charge on any atom is -0.479 e. The van der Waals surface area contributed by atoms with E-state index < -0.39 is 0 Å². The first-order valence-electron chi connectivity index (χ1n) is 6.70. The van der Waals surface area contributed by atoms with Gasteiger partial charge in [-0.05, 0) is 24.1 Å². The van der Waals surface area contributed by atoms with E-state index >= 15 is 0 Å². The average Bonchev–Trinajstić information content (AvgIpc) is 2.93. The van der Waals surface area contributed by atoms with Gasteiger partial charge in [0.2, 0.25) is 5.88 Å². The highest BCUT2D eigenvalue weighted by atomic mass is 35.5. The number of aryl methyl sites for hydroxylation is 1. The van der Waals surface area contributed by atoms with Gasteiger partial charge in [0, 0.05) is 5.69 Å². The fourth-order valence-corrected chi connectivity index (χ4v) is 2.52. The minimum atomic E-state index is 0.288. The summed E-state index contributed by atoms with van der Waals surface area (Å²) in [5.74, 6) is 1.46. The number of hydrogen-bond acceptors (Lipinski definition) is 4. The van der Waals surface area contributed by atoms with Crippen LogP contribution in [-0.2, 0) is 12.3 Å². The first-order chi connectivity index (χ1) is 10.3. The van der Waals surface area contributed by atoms with Crippen LogP contribution in [0.25, 0.3) is 16.9 Å². The summed E-state index contributed by atoms with van der Waals surface area (Å²) in [5.41, 5.74) is 3.56. The molecule has 0 saturated carbocycles. The second-order valence-electron chi connectivity index (χ2n) is 4.58. The van der Waals surface area contributed by atoms with Gasteiger partial charge < -0.3 is 4.74 Å². The highest BCUT2D eigenvalue weighted by Crippen LogP contribution is 2.26. The average molecular weight is 303 g/mol. The number of imidazole rings is 1. The molecule has 2 aromatic heterocycles. The van der Waals surface area contributed by atoms with Gasteiger partial charge in [-0.3, -0.25) is 4.57 Å². The van der Waals surface area contributed by atoms with E-state index in [1.54, 1.807) is 7.11 Å². The number of halogens is 1. The van der Waals surface area contributed by atoms with E-state index in [-0.39, 0.29) is 5.88 Å². The highest BCUT2D eigenvalue weighted by Gasteiger charge is 2.17. The molecule has 5 nitrogen and oxygen atoms in total. The van der Waals surface area contributed by atoms with Crippen molar-refractivity contribution in [2.45, 2.75) is 19.2 Å². The lowest BCUT2D eigenvalue weighted by molar-refractivity contribution is 0.401. The van der Waals surface area contributed by atoms with Crippen LogP contribution in [0.4, 0.5) is 0 Å². The van der Waals surface area contributed by atoms with Gasteiger partial charge in [-0.25, -0.2) is 9.97 Å². The summed E-state index contributed by atoms with van der Waals surface area (Å²) in [5, 5.41) is 0. The van der Waals surface area contributed by atoms with Crippen LogP contribution in [0.2, 0.25) is 0 Å². The van der Waals surface area contributed by atoms with Crippen molar-refractivity contribution >= 4 is 22.8 Å². The Bertz CT molecular complexity index is 784. The Morgan fingerprint density at radius 2 is 2.14 bits per heavy atom. The molecule has 108 valence electrons. The van der Waals surface area contributed by atoms with Gasteiger partial charge in [0.15, 0.2) is 11.2 Å². The first-order valence-corrected chi connectivity index (χ1v) is 7.23. The maximum absolute atomic E-state index is 6.05. The summed E-state index contributed by atoms with van der Waals surface area (Å²) in [7, 11) is 1.57. The molecule has 3 rings (SSSR count). The van der Waals surface area contributed by atoms with E-state index in [1.165, 1.54) is 11.9 Å². The van der Waals surface area contributed by atoms with Crippen LogP contribution in [0.1, 0.15) is 18.3 Å². The smallest absolute Gasteiger partial charge is 0.245 e.